The highest BCUT2D eigenvalue weighted by Gasteiger charge is 2.34. The second-order valence-corrected chi connectivity index (χ2v) is 9.51. The minimum absolute atomic E-state index is 0.0777. The lowest BCUT2D eigenvalue weighted by atomic mass is 10.0. The highest BCUT2D eigenvalue weighted by atomic mass is 16.5. The Morgan fingerprint density at radius 2 is 2.05 bits per heavy atom. The number of fused-ring (bicyclic) bond motifs is 2. The van der Waals surface area contributed by atoms with Gasteiger partial charge in [0, 0.05) is 44.2 Å². The van der Waals surface area contributed by atoms with Gasteiger partial charge in [-0.15, -0.1) is 6.42 Å². The molecule has 212 valence electrons. The van der Waals surface area contributed by atoms with Crippen LogP contribution in [0.1, 0.15) is 52.4 Å². The summed E-state index contributed by atoms with van der Waals surface area (Å²) < 4.78 is 16.2. The normalized spacial score (nSPS) is 18.5. The van der Waals surface area contributed by atoms with E-state index in [1.807, 2.05) is 31.2 Å². The van der Waals surface area contributed by atoms with Gasteiger partial charge in [-0.3, -0.25) is 19.9 Å². The van der Waals surface area contributed by atoms with Crippen molar-refractivity contribution in [2.45, 2.75) is 38.5 Å². The molecule has 2 aromatic rings. The summed E-state index contributed by atoms with van der Waals surface area (Å²) in [6.45, 7) is 2.54. The molecule has 1 aromatic heterocycles. The number of methoxy groups -OCH3 is 2. The van der Waals surface area contributed by atoms with E-state index in [0.29, 0.717) is 30.9 Å². The van der Waals surface area contributed by atoms with E-state index < -0.39 is 24.1 Å². The molecule has 0 saturated carbocycles. The monoisotopic (exact) mass is 556 g/mol. The third-order valence-electron chi connectivity index (χ3n) is 6.78. The molecule has 3 heterocycles. The van der Waals surface area contributed by atoms with Gasteiger partial charge >= 0.3 is 6.03 Å². The SMILES string of the molecule is C#CC(OC)/C(=C\N=CC)CC1=CCc2cc(C3NC(=O)NC3=O)oc2C=C1.COc1ccc2c(c1)C(=O)N(C)C2. The molecular formula is C31H32N4O6. The van der Waals surface area contributed by atoms with E-state index in [2.05, 4.69) is 27.6 Å². The number of aliphatic imine (C=N–C) groups is 1. The number of allylic oxidation sites excluding steroid dienone is 3. The van der Waals surface area contributed by atoms with Gasteiger partial charge in [0.2, 0.25) is 0 Å². The Kier molecular flexibility index (Phi) is 9.22. The van der Waals surface area contributed by atoms with E-state index in [9.17, 15) is 14.4 Å². The number of terminal acetylenes is 1. The molecule has 5 rings (SSSR count). The number of nitrogens with one attached hydrogen (secondary N) is 2. The molecule has 1 fully saturated rings. The van der Waals surface area contributed by atoms with Crippen LogP contribution in [0.5, 0.6) is 5.75 Å². The zero-order valence-electron chi connectivity index (χ0n) is 23.4. The van der Waals surface area contributed by atoms with Gasteiger partial charge in [0.05, 0.1) is 7.11 Å². The number of nitrogens with zero attached hydrogens (tertiary/aromatic N) is 2. The lowest BCUT2D eigenvalue weighted by Crippen LogP contribution is -2.22. The average molecular weight is 557 g/mol. The second-order valence-electron chi connectivity index (χ2n) is 9.51. The van der Waals surface area contributed by atoms with E-state index in [4.69, 9.17) is 20.3 Å². The Morgan fingerprint density at radius 3 is 2.71 bits per heavy atom. The average Bonchev–Trinajstić information content (AvgIpc) is 3.58. The molecule has 3 aliphatic rings. The minimum atomic E-state index is -0.796. The summed E-state index contributed by atoms with van der Waals surface area (Å²) in [4.78, 5) is 40.5. The number of amides is 4. The Hall–Kier alpha value is -4.88. The van der Waals surface area contributed by atoms with Crippen molar-refractivity contribution < 1.29 is 28.3 Å². The standard InChI is InChI=1S/C21H21N3O4.C10H11NO2/c1-4-16(27-3)15(12-22-5-2)10-13-6-8-14-11-18(28-17(14)9-7-13)19-20(25)24-21(26)23-19;1-11-6-7-3-4-8(13-2)5-9(7)10(11)12/h1,5-7,9,11-12,16,19H,8,10H2,2-3H3,(H2,23,24,25,26);3-5H,6H2,1-2H3/b15-12-,22-5?;. The maximum Gasteiger partial charge on any atom is 0.322 e. The van der Waals surface area contributed by atoms with Gasteiger partial charge in [0.25, 0.3) is 11.8 Å². The highest BCUT2D eigenvalue weighted by molar-refractivity contribution is 6.04. The van der Waals surface area contributed by atoms with Crippen molar-refractivity contribution in [2.75, 3.05) is 21.3 Å². The van der Waals surface area contributed by atoms with Crippen LogP contribution in [0, 0.1) is 12.3 Å². The first kappa shape index (κ1) is 29.1. The summed E-state index contributed by atoms with van der Waals surface area (Å²) in [5.41, 5.74) is 4.71. The first-order valence-electron chi connectivity index (χ1n) is 13.0. The van der Waals surface area contributed by atoms with Gasteiger partial charge in [-0.05, 0) is 60.8 Å². The van der Waals surface area contributed by atoms with Gasteiger partial charge in [-0.1, -0.05) is 24.1 Å². The molecule has 0 radical (unpaired) electrons. The van der Waals surface area contributed by atoms with Crippen LogP contribution in [0.15, 0.2) is 63.2 Å². The zero-order chi connectivity index (χ0) is 29.5. The Balaban J connectivity index is 0.000000247. The topological polar surface area (TPSA) is 122 Å². The number of hydrogen-bond acceptors (Lipinski definition) is 7. The molecule has 2 unspecified atom stereocenters. The van der Waals surface area contributed by atoms with Crippen molar-refractivity contribution in [3.8, 4) is 18.1 Å². The summed E-state index contributed by atoms with van der Waals surface area (Å²) in [6, 6.07) is 6.10. The van der Waals surface area contributed by atoms with Crippen LogP contribution in [0.3, 0.4) is 0 Å². The molecular weight excluding hydrogens is 524 g/mol. The van der Waals surface area contributed by atoms with Crippen molar-refractivity contribution in [2.24, 2.45) is 4.99 Å². The van der Waals surface area contributed by atoms with Crippen LogP contribution in [0.2, 0.25) is 0 Å². The van der Waals surface area contributed by atoms with E-state index in [-0.39, 0.29) is 5.91 Å². The quantitative estimate of drug-likeness (QED) is 0.303. The number of ether oxygens (including phenoxy) is 2. The molecule has 0 spiro atoms. The largest absolute Gasteiger partial charge is 0.497 e. The van der Waals surface area contributed by atoms with Crippen molar-refractivity contribution in [3.05, 3.63) is 82.0 Å². The predicted octanol–water partition coefficient (Wildman–Crippen LogP) is 3.95. The van der Waals surface area contributed by atoms with Crippen LogP contribution >= 0.6 is 0 Å². The zero-order valence-corrected chi connectivity index (χ0v) is 23.4. The number of hydrogen-bond donors (Lipinski definition) is 2. The Bertz CT molecular complexity index is 1510. The smallest absolute Gasteiger partial charge is 0.322 e. The van der Waals surface area contributed by atoms with Crippen LogP contribution in [-0.4, -0.2) is 56.3 Å². The van der Waals surface area contributed by atoms with Crippen molar-refractivity contribution in [1.29, 1.82) is 0 Å². The summed E-state index contributed by atoms with van der Waals surface area (Å²) in [5, 5.41) is 4.74. The van der Waals surface area contributed by atoms with Gasteiger partial charge in [0.15, 0.2) is 6.04 Å². The number of imide groups is 1. The molecule has 1 aromatic carbocycles. The van der Waals surface area contributed by atoms with Crippen molar-refractivity contribution in [3.63, 3.8) is 0 Å². The molecule has 10 heteroatoms. The fraction of sp³-hybridized carbons (Fsp3) is 0.290. The fourth-order valence-electron chi connectivity index (χ4n) is 4.64. The van der Waals surface area contributed by atoms with Gasteiger partial charge in [0.1, 0.15) is 23.4 Å². The third kappa shape index (κ3) is 6.65. The Labute approximate surface area is 238 Å². The summed E-state index contributed by atoms with van der Waals surface area (Å²) >= 11 is 0. The fourth-order valence-corrected chi connectivity index (χ4v) is 4.64. The van der Waals surface area contributed by atoms with Crippen molar-refractivity contribution in [1.82, 2.24) is 15.5 Å². The molecule has 10 nitrogen and oxygen atoms in total. The first-order chi connectivity index (χ1) is 19.8. The van der Waals surface area contributed by atoms with Crippen LogP contribution in [0.4, 0.5) is 4.79 Å². The molecule has 2 N–H and O–H groups in total. The molecule has 2 atom stereocenters. The van der Waals surface area contributed by atoms with E-state index in [0.717, 1.165) is 33.6 Å². The molecule has 2 aliphatic heterocycles. The number of carbonyl (C=O) groups excluding carboxylic acids is 3. The number of furan rings is 1. The number of benzene rings is 1. The van der Waals surface area contributed by atoms with E-state index in [1.54, 1.807) is 50.7 Å². The van der Waals surface area contributed by atoms with Gasteiger partial charge < -0.3 is 24.1 Å². The van der Waals surface area contributed by atoms with Gasteiger partial charge in [-0.25, -0.2) is 4.79 Å². The number of urea groups is 1. The maximum atomic E-state index is 11.8. The molecule has 1 aliphatic carbocycles. The summed E-state index contributed by atoms with van der Waals surface area (Å²) in [5.74, 6) is 4.09. The molecule has 4 amide bonds. The Morgan fingerprint density at radius 1 is 1.24 bits per heavy atom. The van der Waals surface area contributed by atoms with Crippen LogP contribution < -0.4 is 15.4 Å². The van der Waals surface area contributed by atoms with E-state index in [1.165, 1.54) is 0 Å². The summed E-state index contributed by atoms with van der Waals surface area (Å²) in [6.07, 6.45) is 15.6. The predicted molar refractivity (Wildman–Crippen MR) is 154 cm³/mol. The van der Waals surface area contributed by atoms with Crippen molar-refractivity contribution >= 4 is 30.1 Å². The minimum Gasteiger partial charge on any atom is -0.497 e. The molecule has 0 bridgehead atoms. The lowest BCUT2D eigenvalue weighted by molar-refractivity contribution is -0.120. The maximum absolute atomic E-state index is 11.8. The highest BCUT2D eigenvalue weighted by Crippen LogP contribution is 2.29. The van der Waals surface area contributed by atoms with Crippen LogP contribution in [0.25, 0.3) is 6.08 Å². The van der Waals surface area contributed by atoms with E-state index >= 15 is 0 Å². The number of carbonyl (C=O) groups is 3. The van der Waals surface area contributed by atoms with Gasteiger partial charge in [-0.2, -0.15) is 0 Å². The molecule has 41 heavy (non-hydrogen) atoms. The first-order valence-corrected chi connectivity index (χ1v) is 13.0. The summed E-state index contributed by atoms with van der Waals surface area (Å²) in [7, 11) is 4.97. The second kappa shape index (κ2) is 13.0. The molecule has 1 saturated heterocycles. The number of rotatable bonds is 7. The third-order valence-corrected chi connectivity index (χ3v) is 6.78. The van der Waals surface area contributed by atoms with Crippen LogP contribution in [-0.2, 0) is 22.5 Å². The lowest BCUT2D eigenvalue weighted by Gasteiger charge is -2.13.